The third kappa shape index (κ3) is 5.42. The molecule has 0 spiro atoms. The van der Waals surface area contributed by atoms with Gasteiger partial charge in [0.2, 0.25) is 5.91 Å². The zero-order chi connectivity index (χ0) is 22.5. The van der Waals surface area contributed by atoms with E-state index in [9.17, 15) is 9.59 Å². The quantitative estimate of drug-likeness (QED) is 0.619. The first-order valence-corrected chi connectivity index (χ1v) is 11.4. The van der Waals surface area contributed by atoms with Crippen LogP contribution >= 0.6 is 11.3 Å². The van der Waals surface area contributed by atoms with Crippen molar-refractivity contribution in [2.24, 2.45) is 0 Å². The molecule has 3 amide bonds. The molecule has 1 fully saturated rings. The fraction of sp³-hybridized carbons (Fsp3) is 0.304. The van der Waals surface area contributed by atoms with Crippen LogP contribution in [0, 0.1) is 13.8 Å². The summed E-state index contributed by atoms with van der Waals surface area (Å²) >= 11 is 1.32. The molecule has 32 heavy (non-hydrogen) atoms. The van der Waals surface area contributed by atoms with E-state index in [1.165, 1.54) is 11.3 Å². The maximum Gasteiger partial charge on any atom is 0.323 e. The molecule has 3 aromatic rings. The Morgan fingerprint density at radius 2 is 1.88 bits per heavy atom. The number of hydrogen-bond donors (Lipinski definition) is 2. The Kier molecular flexibility index (Phi) is 6.65. The van der Waals surface area contributed by atoms with Gasteiger partial charge < -0.3 is 15.1 Å². The number of anilines is 3. The normalized spacial score (nSPS) is 13.7. The monoisotopic (exact) mass is 450 g/mol. The topological polar surface area (TPSA) is 90.5 Å². The Labute approximate surface area is 191 Å². The highest BCUT2D eigenvalue weighted by molar-refractivity contribution is 7.13. The first-order chi connectivity index (χ1) is 15.5. The summed E-state index contributed by atoms with van der Waals surface area (Å²) in [6, 6.07) is 11.6. The van der Waals surface area contributed by atoms with Crippen molar-refractivity contribution in [1.82, 2.24) is 14.9 Å². The lowest BCUT2D eigenvalue weighted by atomic mass is 10.1. The van der Waals surface area contributed by atoms with Crippen molar-refractivity contribution in [2.75, 3.05) is 41.7 Å². The fourth-order valence-electron chi connectivity index (χ4n) is 3.52. The second-order valence-electron chi connectivity index (χ2n) is 7.78. The molecule has 0 saturated carbocycles. The number of rotatable bonds is 5. The average Bonchev–Trinajstić information content (AvgIpc) is 3.23. The summed E-state index contributed by atoms with van der Waals surface area (Å²) in [6.07, 6.45) is 1.93. The molecule has 2 N–H and O–H groups in total. The minimum Gasteiger partial charge on any atom is -0.353 e. The summed E-state index contributed by atoms with van der Waals surface area (Å²) in [5.74, 6) is 0.795. The third-order valence-electron chi connectivity index (χ3n) is 5.31. The molecule has 3 heterocycles. The van der Waals surface area contributed by atoms with Crippen molar-refractivity contribution in [3.63, 3.8) is 0 Å². The van der Waals surface area contributed by atoms with Gasteiger partial charge in [-0.1, -0.05) is 18.2 Å². The lowest BCUT2D eigenvalue weighted by Gasteiger charge is -2.35. The summed E-state index contributed by atoms with van der Waals surface area (Å²) in [6.45, 7) is 6.63. The number of aromatic nitrogens is 2. The van der Waals surface area contributed by atoms with Gasteiger partial charge in [0.15, 0.2) is 5.13 Å². The molecular formula is C23H26N6O2S. The van der Waals surface area contributed by atoms with Crippen molar-refractivity contribution in [2.45, 2.75) is 20.3 Å². The molecule has 0 bridgehead atoms. The average molecular weight is 451 g/mol. The number of benzene rings is 1. The van der Waals surface area contributed by atoms with Gasteiger partial charge >= 0.3 is 6.03 Å². The molecule has 2 aromatic heterocycles. The minimum atomic E-state index is -0.175. The van der Waals surface area contributed by atoms with Crippen LogP contribution in [0.1, 0.15) is 16.8 Å². The lowest BCUT2D eigenvalue weighted by molar-refractivity contribution is -0.115. The predicted molar refractivity (Wildman–Crippen MR) is 127 cm³/mol. The summed E-state index contributed by atoms with van der Waals surface area (Å²) in [5.41, 5.74) is 3.54. The molecule has 1 aromatic carbocycles. The zero-order valence-electron chi connectivity index (χ0n) is 18.2. The standard InChI is InChI=1S/C23H26N6O2S/c1-16-6-7-17(2)19(13-16)26-21(30)14-18-15-32-22(25-18)27-23(31)29-11-9-28(10-12-29)20-5-3-4-8-24-20/h3-8,13,15H,9-12,14H2,1-2H3,(H,26,30)(H,25,27,31). The number of amides is 3. The highest BCUT2D eigenvalue weighted by Gasteiger charge is 2.22. The SMILES string of the molecule is Cc1ccc(C)c(NC(=O)Cc2csc(NC(=O)N3CCN(c4ccccn4)CC3)n2)c1. The van der Waals surface area contributed by atoms with E-state index in [1.807, 2.05) is 50.2 Å². The van der Waals surface area contributed by atoms with Crippen molar-refractivity contribution >= 4 is 39.9 Å². The Bertz CT molecular complexity index is 1090. The molecule has 4 rings (SSSR count). The molecule has 0 aliphatic carbocycles. The predicted octanol–water partition coefficient (Wildman–Crippen LogP) is 3.69. The van der Waals surface area contributed by atoms with E-state index in [4.69, 9.17) is 0 Å². The van der Waals surface area contributed by atoms with E-state index < -0.39 is 0 Å². The lowest BCUT2D eigenvalue weighted by Crippen LogP contribution is -2.50. The van der Waals surface area contributed by atoms with Crippen LogP contribution in [-0.4, -0.2) is 53.0 Å². The number of nitrogens with one attached hydrogen (secondary N) is 2. The number of thiazole rings is 1. The maximum absolute atomic E-state index is 12.6. The molecule has 166 valence electrons. The first kappa shape index (κ1) is 21.8. The Morgan fingerprint density at radius 1 is 1.06 bits per heavy atom. The van der Waals surface area contributed by atoms with Crippen LogP contribution in [0.5, 0.6) is 0 Å². The summed E-state index contributed by atoms with van der Waals surface area (Å²) in [4.78, 5) is 37.8. The molecular weight excluding hydrogens is 424 g/mol. The van der Waals surface area contributed by atoms with E-state index in [1.54, 1.807) is 16.5 Å². The minimum absolute atomic E-state index is 0.132. The number of piperazine rings is 1. The second kappa shape index (κ2) is 9.78. The van der Waals surface area contributed by atoms with Crippen LogP contribution in [0.2, 0.25) is 0 Å². The Hall–Kier alpha value is -3.46. The first-order valence-electron chi connectivity index (χ1n) is 10.5. The van der Waals surface area contributed by atoms with Crippen molar-refractivity contribution in [3.05, 3.63) is 64.8 Å². The second-order valence-corrected chi connectivity index (χ2v) is 8.64. The Balaban J connectivity index is 1.27. The van der Waals surface area contributed by atoms with Gasteiger partial charge in [-0.2, -0.15) is 0 Å². The number of aryl methyl sites for hydroxylation is 2. The molecule has 0 radical (unpaired) electrons. The van der Waals surface area contributed by atoms with Crippen LogP contribution in [0.15, 0.2) is 48.0 Å². The highest BCUT2D eigenvalue weighted by Crippen LogP contribution is 2.20. The number of carbonyl (C=O) groups is 2. The van der Waals surface area contributed by atoms with E-state index >= 15 is 0 Å². The van der Waals surface area contributed by atoms with Crippen LogP contribution in [0.25, 0.3) is 0 Å². The molecule has 1 saturated heterocycles. The molecule has 1 aliphatic heterocycles. The highest BCUT2D eigenvalue weighted by atomic mass is 32.1. The largest absolute Gasteiger partial charge is 0.353 e. The van der Waals surface area contributed by atoms with Crippen molar-refractivity contribution in [3.8, 4) is 0 Å². The van der Waals surface area contributed by atoms with Crippen LogP contribution in [-0.2, 0) is 11.2 Å². The number of pyridine rings is 1. The molecule has 0 unspecified atom stereocenters. The van der Waals surface area contributed by atoms with Crippen molar-refractivity contribution < 1.29 is 9.59 Å². The van der Waals surface area contributed by atoms with Gasteiger partial charge in [0, 0.05) is 43.4 Å². The van der Waals surface area contributed by atoms with E-state index in [0.717, 1.165) is 35.7 Å². The number of urea groups is 1. The van der Waals surface area contributed by atoms with Gasteiger partial charge in [-0.15, -0.1) is 11.3 Å². The number of hydrogen-bond acceptors (Lipinski definition) is 6. The zero-order valence-corrected chi connectivity index (χ0v) is 19.0. The van der Waals surface area contributed by atoms with E-state index in [2.05, 4.69) is 25.5 Å². The van der Waals surface area contributed by atoms with Crippen LogP contribution in [0.4, 0.5) is 21.4 Å². The van der Waals surface area contributed by atoms with Gasteiger partial charge in [-0.25, -0.2) is 14.8 Å². The van der Waals surface area contributed by atoms with E-state index in [0.29, 0.717) is 23.9 Å². The van der Waals surface area contributed by atoms with Gasteiger partial charge in [0.05, 0.1) is 12.1 Å². The fourth-order valence-corrected chi connectivity index (χ4v) is 4.22. The third-order valence-corrected chi connectivity index (χ3v) is 6.12. The van der Waals surface area contributed by atoms with Crippen LogP contribution < -0.4 is 15.5 Å². The molecule has 1 aliphatic rings. The number of nitrogens with zero attached hydrogens (tertiary/aromatic N) is 4. The van der Waals surface area contributed by atoms with Crippen molar-refractivity contribution in [1.29, 1.82) is 0 Å². The van der Waals surface area contributed by atoms with Crippen LogP contribution in [0.3, 0.4) is 0 Å². The smallest absolute Gasteiger partial charge is 0.323 e. The maximum atomic E-state index is 12.6. The number of carbonyl (C=O) groups excluding carboxylic acids is 2. The Morgan fingerprint density at radius 3 is 2.62 bits per heavy atom. The van der Waals surface area contributed by atoms with Gasteiger partial charge in [0.25, 0.3) is 0 Å². The van der Waals surface area contributed by atoms with Gasteiger partial charge in [-0.3, -0.25) is 10.1 Å². The summed E-state index contributed by atoms with van der Waals surface area (Å²) in [5, 5.41) is 8.09. The molecule has 8 nitrogen and oxygen atoms in total. The molecule has 0 atom stereocenters. The molecule has 9 heteroatoms. The van der Waals surface area contributed by atoms with Gasteiger partial charge in [-0.05, 0) is 43.2 Å². The van der Waals surface area contributed by atoms with Gasteiger partial charge in [0.1, 0.15) is 5.82 Å². The summed E-state index contributed by atoms with van der Waals surface area (Å²) < 4.78 is 0. The summed E-state index contributed by atoms with van der Waals surface area (Å²) in [7, 11) is 0. The van der Waals surface area contributed by atoms with E-state index in [-0.39, 0.29) is 18.4 Å².